The van der Waals surface area contributed by atoms with Gasteiger partial charge in [0.2, 0.25) is 0 Å². The number of nitrogens with zero attached hydrogens (tertiary/aromatic N) is 2. The van der Waals surface area contributed by atoms with Crippen molar-refractivity contribution in [2.45, 2.75) is 19.3 Å². The van der Waals surface area contributed by atoms with Gasteiger partial charge in [-0.25, -0.2) is 0 Å². The maximum atomic E-state index is 2.44. The Labute approximate surface area is 610 Å². The van der Waals surface area contributed by atoms with Gasteiger partial charge in [-0.2, -0.15) is 0 Å². The van der Waals surface area contributed by atoms with Gasteiger partial charge in [-0.05, 0) is 215 Å². The molecule has 19 rings (SSSR count). The molecule has 0 aliphatic heterocycles. The molecule has 0 bridgehead atoms. The molecule has 0 radical (unpaired) electrons. The molecule has 2 nitrogen and oxygen atoms in total. The molecule has 103 heavy (non-hydrogen) atoms. The number of benzene rings is 16. The molecule has 2 heterocycles. The van der Waals surface area contributed by atoms with E-state index in [0.29, 0.717) is 0 Å². The third-order valence-corrected chi connectivity index (χ3v) is 22.9. The van der Waals surface area contributed by atoms with Crippen molar-refractivity contribution in [3.8, 4) is 89.0 Å². The van der Waals surface area contributed by atoms with Crippen molar-refractivity contribution in [3.63, 3.8) is 0 Å². The molecule has 1 aliphatic rings. The van der Waals surface area contributed by atoms with E-state index in [1.54, 1.807) is 0 Å². The maximum Gasteiger partial charge on any atom is 0.0465 e. The number of hydrogen-bond acceptors (Lipinski definition) is 4. The van der Waals surface area contributed by atoms with E-state index >= 15 is 0 Å². The molecular formula is C99H70N2S2. The molecule has 0 atom stereocenters. The van der Waals surface area contributed by atoms with Gasteiger partial charge in [0, 0.05) is 79.9 Å². The van der Waals surface area contributed by atoms with Gasteiger partial charge in [0.15, 0.2) is 0 Å². The van der Waals surface area contributed by atoms with Crippen molar-refractivity contribution < 1.29 is 0 Å². The number of anilines is 6. The highest BCUT2D eigenvalue weighted by atomic mass is 32.1. The van der Waals surface area contributed by atoms with Crippen molar-refractivity contribution in [3.05, 3.63) is 399 Å². The molecule has 2 aromatic heterocycles. The second-order valence-corrected chi connectivity index (χ2v) is 29.3. The molecule has 0 N–H and O–H groups in total. The molecule has 0 amide bonds. The summed E-state index contributed by atoms with van der Waals surface area (Å²) in [6, 6.07) is 141. The first-order chi connectivity index (χ1) is 50.8. The van der Waals surface area contributed by atoms with Crippen molar-refractivity contribution in [1.29, 1.82) is 0 Å². The minimum absolute atomic E-state index is 0.171. The molecule has 4 heteroatoms. The van der Waals surface area contributed by atoms with Crippen LogP contribution in [0.15, 0.2) is 388 Å². The van der Waals surface area contributed by atoms with Crippen molar-refractivity contribution >= 4 is 97.1 Å². The predicted molar refractivity (Wildman–Crippen MR) is 444 cm³/mol. The lowest BCUT2D eigenvalue weighted by molar-refractivity contribution is 0.660. The summed E-state index contributed by atoms with van der Waals surface area (Å²) in [6.45, 7) is 4.77. The number of thiophene rings is 2. The zero-order valence-electron chi connectivity index (χ0n) is 57.2. The van der Waals surface area contributed by atoms with Crippen LogP contribution in [-0.2, 0) is 5.41 Å². The third-order valence-electron chi connectivity index (χ3n) is 20.6. The van der Waals surface area contributed by atoms with E-state index in [1.165, 1.54) is 140 Å². The van der Waals surface area contributed by atoms with E-state index in [0.717, 1.165) is 34.1 Å². The van der Waals surface area contributed by atoms with E-state index in [-0.39, 0.29) is 5.41 Å². The smallest absolute Gasteiger partial charge is 0.0465 e. The molecule has 0 fully saturated rings. The zero-order chi connectivity index (χ0) is 68.8. The Kier molecular flexibility index (Phi) is 16.4. The monoisotopic (exact) mass is 1350 g/mol. The second-order valence-electron chi connectivity index (χ2n) is 27.2. The lowest BCUT2D eigenvalue weighted by Crippen LogP contribution is -2.16. The van der Waals surface area contributed by atoms with Gasteiger partial charge in [0.05, 0.1) is 0 Å². The first kappa shape index (κ1) is 62.8. The first-order valence-electron chi connectivity index (χ1n) is 35.3. The topological polar surface area (TPSA) is 6.48 Å². The number of fused-ring (bicyclic) bond motifs is 9. The fraction of sp³-hybridized carbons (Fsp3) is 0.0303. The Morgan fingerprint density at radius 1 is 0.184 bits per heavy atom. The van der Waals surface area contributed by atoms with E-state index in [2.05, 4.69) is 412 Å². The maximum absolute atomic E-state index is 2.44. The summed E-state index contributed by atoms with van der Waals surface area (Å²) in [5.74, 6) is 0. The van der Waals surface area contributed by atoms with Crippen molar-refractivity contribution in [1.82, 2.24) is 0 Å². The molecule has 0 saturated carbocycles. The molecule has 1 aliphatic carbocycles. The standard InChI is InChI=1S/C51H37NS.C48H33NS/c1-51(2)47-32-39(38-22-30-50-46(31-38)45-15-9-10-16-49(45)53-50)21-28-43(47)44-29-27-42(33-48(44)51)52(40-23-17-36(18-24-40)34-11-5-3-6-12-34)41-25-19-37(20-26-41)35-13-7-4-8-14-35;1-3-9-34(10-4-1)36-15-17-37(18-16-36)39-21-28-43(29-22-39)49(42-26-19-38(20-27-42)35-11-5-2-6-12-35)44-30-23-40(24-31-44)41-25-32-48-46(33-41)45-13-7-8-14-47(45)50-48/h3-33H,1-2H3;1-33H. The number of hydrogen-bond donors (Lipinski definition) is 0. The zero-order valence-corrected chi connectivity index (χ0v) is 58.8. The SMILES string of the molecule is CC1(C)c2cc(-c3ccc4sc5ccccc5c4c3)ccc2-c2ccc(N(c3ccc(-c4ccccc4)cc3)c3ccc(-c4ccccc4)cc3)cc21.c1ccc(-c2ccc(-c3ccc(N(c4ccc(-c5ccccc5)cc4)c4ccc(-c5ccc6sc7ccccc7c6c5)cc4)cc3)cc2)cc1. The lowest BCUT2D eigenvalue weighted by Gasteiger charge is -2.28. The summed E-state index contributed by atoms with van der Waals surface area (Å²) in [6.07, 6.45) is 0. The largest absolute Gasteiger partial charge is 0.311 e. The minimum atomic E-state index is -0.171. The van der Waals surface area contributed by atoms with Crippen LogP contribution in [-0.4, -0.2) is 0 Å². The van der Waals surface area contributed by atoms with E-state index in [9.17, 15) is 0 Å². The van der Waals surface area contributed by atoms with E-state index < -0.39 is 0 Å². The van der Waals surface area contributed by atoms with Gasteiger partial charge < -0.3 is 9.80 Å². The third kappa shape index (κ3) is 12.2. The molecule has 16 aromatic carbocycles. The fourth-order valence-electron chi connectivity index (χ4n) is 15.1. The van der Waals surface area contributed by atoms with Crippen LogP contribution in [0.5, 0.6) is 0 Å². The van der Waals surface area contributed by atoms with Crippen LogP contribution in [0, 0.1) is 0 Å². The summed E-state index contributed by atoms with van der Waals surface area (Å²) < 4.78 is 5.34. The van der Waals surface area contributed by atoms with Crippen molar-refractivity contribution in [2.24, 2.45) is 0 Å². The molecule has 488 valence electrons. The van der Waals surface area contributed by atoms with Crippen LogP contribution >= 0.6 is 22.7 Å². The summed E-state index contributed by atoms with van der Waals surface area (Å²) in [7, 11) is 0. The Balaban J connectivity index is 0.000000147. The summed E-state index contributed by atoms with van der Waals surface area (Å²) in [4.78, 5) is 4.74. The number of rotatable bonds is 13. The molecular weight excluding hydrogens is 1280 g/mol. The molecule has 0 spiro atoms. The normalized spacial score (nSPS) is 12.1. The van der Waals surface area contributed by atoms with Crippen molar-refractivity contribution in [2.75, 3.05) is 9.80 Å². The Morgan fingerprint density at radius 2 is 0.417 bits per heavy atom. The van der Waals surface area contributed by atoms with Crippen LogP contribution in [0.2, 0.25) is 0 Å². The lowest BCUT2D eigenvalue weighted by atomic mass is 9.81. The molecule has 0 unspecified atom stereocenters. The van der Waals surface area contributed by atoms with Crippen LogP contribution < -0.4 is 9.80 Å². The second kappa shape index (κ2) is 26.9. The summed E-state index contributed by atoms with van der Waals surface area (Å²) >= 11 is 3.73. The highest BCUT2D eigenvalue weighted by Crippen LogP contribution is 2.53. The first-order valence-corrected chi connectivity index (χ1v) is 37.0. The van der Waals surface area contributed by atoms with Gasteiger partial charge in [0.1, 0.15) is 0 Å². The van der Waals surface area contributed by atoms with Crippen LogP contribution in [0.4, 0.5) is 34.1 Å². The molecule has 0 saturated heterocycles. The van der Waals surface area contributed by atoms with Gasteiger partial charge >= 0.3 is 0 Å². The highest BCUT2D eigenvalue weighted by Gasteiger charge is 2.36. The minimum Gasteiger partial charge on any atom is -0.311 e. The molecule has 18 aromatic rings. The van der Waals surface area contributed by atoms with Crippen LogP contribution in [0.1, 0.15) is 25.0 Å². The van der Waals surface area contributed by atoms with E-state index in [4.69, 9.17) is 0 Å². The van der Waals surface area contributed by atoms with Gasteiger partial charge in [-0.15, -0.1) is 22.7 Å². The summed E-state index contributed by atoms with van der Waals surface area (Å²) in [5, 5.41) is 5.32. The average molecular weight is 1350 g/mol. The quantitative estimate of drug-likeness (QED) is 0.114. The van der Waals surface area contributed by atoms with Gasteiger partial charge in [-0.3, -0.25) is 0 Å². The Bertz CT molecular complexity index is 5980. The summed E-state index contributed by atoms with van der Waals surface area (Å²) in [5.41, 5.74) is 29.1. The predicted octanol–water partition coefficient (Wildman–Crippen LogP) is 29.0. The van der Waals surface area contributed by atoms with Gasteiger partial charge in [0.25, 0.3) is 0 Å². The average Bonchev–Trinajstić information content (AvgIpc) is 1.58. The van der Waals surface area contributed by atoms with E-state index in [1.807, 2.05) is 22.7 Å². The Morgan fingerprint density at radius 3 is 0.786 bits per heavy atom. The van der Waals surface area contributed by atoms with Crippen LogP contribution in [0.3, 0.4) is 0 Å². The van der Waals surface area contributed by atoms with Crippen LogP contribution in [0.25, 0.3) is 129 Å². The van der Waals surface area contributed by atoms with Gasteiger partial charge in [-0.1, -0.05) is 287 Å². The highest BCUT2D eigenvalue weighted by molar-refractivity contribution is 7.26. The Hall–Kier alpha value is -12.4. The fourth-order valence-corrected chi connectivity index (χ4v) is 17.3.